The average Bonchev–Trinajstić information content (AvgIpc) is 3.88. The van der Waals surface area contributed by atoms with Crippen LogP contribution in [0.4, 0.5) is 10.7 Å². The molecule has 0 fully saturated rings. The third-order valence-electron chi connectivity index (χ3n) is 10.4. The molecule has 7 rings (SSSR count). The van der Waals surface area contributed by atoms with Gasteiger partial charge in [0.05, 0.1) is 44.5 Å². The Kier molecular flexibility index (Phi) is 13.4. The molecular weight excluding hydrogens is 865 g/mol. The molecule has 0 spiro atoms. The molecule has 1 amide bonds. The van der Waals surface area contributed by atoms with Crippen LogP contribution in [0.5, 0.6) is 17.2 Å². The van der Waals surface area contributed by atoms with Crippen molar-refractivity contribution >= 4 is 43.1 Å². The summed E-state index contributed by atoms with van der Waals surface area (Å²) in [6.07, 6.45) is -1.22. The summed E-state index contributed by atoms with van der Waals surface area (Å²) in [7, 11) is -3.30. The maximum atomic E-state index is 15.9. The summed E-state index contributed by atoms with van der Waals surface area (Å²) in [4.78, 5) is 15.8. The normalized spacial score (nSPS) is 11.8. The number of nitrogens with one attached hydrogen (secondary N) is 2. The lowest BCUT2D eigenvalue weighted by molar-refractivity contribution is 0.194. The number of nitrogens with zero attached hydrogens (tertiary/aromatic N) is 7. The number of imidazole rings is 1. The highest BCUT2D eigenvalue weighted by atomic mass is 32.2. The first-order valence-electron chi connectivity index (χ1n) is 19.7. The number of methoxy groups -OCH3 is 3. The molecule has 19 nitrogen and oxygen atoms in total. The molecule has 5 N–H and O–H groups in total. The first-order valence-corrected chi connectivity index (χ1v) is 22.7. The highest BCUT2D eigenvalue weighted by molar-refractivity contribution is 7.92. The Bertz CT molecular complexity index is 2950. The van der Waals surface area contributed by atoms with Crippen LogP contribution >= 0.6 is 0 Å². The molecule has 0 radical (unpaired) electrons. The van der Waals surface area contributed by atoms with Gasteiger partial charge in [-0.3, -0.25) is 0 Å². The summed E-state index contributed by atoms with van der Waals surface area (Å²) >= 11 is 0. The fourth-order valence-corrected chi connectivity index (χ4v) is 10.5. The van der Waals surface area contributed by atoms with Gasteiger partial charge < -0.3 is 34.9 Å². The van der Waals surface area contributed by atoms with Crippen LogP contribution < -0.4 is 30.0 Å². The van der Waals surface area contributed by atoms with E-state index in [-0.39, 0.29) is 62.0 Å². The highest BCUT2D eigenvalue weighted by Crippen LogP contribution is 2.43. The molecule has 64 heavy (non-hydrogen) atoms. The van der Waals surface area contributed by atoms with E-state index in [9.17, 15) is 13.2 Å². The van der Waals surface area contributed by atoms with Gasteiger partial charge >= 0.3 is 6.09 Å². The fourth-order valence-electron chi connectivity index (χ4n) is 7.02. The Labute approximate surface area is 369 Å². The van der Waals surface area contributed by atoms with E-state index in [0.29, 0.717) is 45.0 Å². The average molecular weight is 911 g/mol. The van der Waals surface area contributed by atoms with Gasteiger partial charge in [0.1, 0.15) is 27.0 Å². The summed E-state index contributed by atoms with van der Waals surface area (Å²) in [5.41, 5.74) is 9.71. The number of carboxylic acid groups (broad SMARTS) is 1. The van der Waals surface area contributed by atoms with Crippen LogP contribution in [0, 0.1) is 0 Å². The Morgan fingerprint density at radius 1 is 0.766 bits per heavy atom. The summed E-state index contributed by atoms with van der Waals surface area (Å²) in [5, 5.41) is 24.7. The molecule has 0 saturated heterocycles. The van der Waals surface area contributed by atoms with Gasteiger partial charge in [0.2, 0.25) is 31.8 Å². The summed E-state index contributed by atoms with van der Waals surface area (Å²) < 4.78 is 82.4. The van der Waals surface area contributed by atoms with Gasteiger partial charge in [-0.25, -0.2) is 31.3 Å². The number of tetrazole rings is 1. The number of anilines is 1. The molecule has 0 atom stereocenters. The second kappa shape index (κ2) is 19.1. The van der Waals surface area contributed by atoms with Gasteiger partial charge in [-0.05, 0) is 82.4 Å². The van der Waals surface area contributed by atoms with E-state index >= 15 is 8.42 Å². The first kappa shape index (κ1) is 45.0. The third kappa shape index (κ3) is 9.76. The Morgan fingerprint density at radius 3 is 1.91 bits per heavy atom. The van der Waals surface area contributed by atoms with E-state index in [1.807, 2.05) is 12.1 Å². The number of ether oxygens (including phenoxy) is 3. The molecule has 0 aliphatic carbocycles. The zero-order valence-corrected chi connectivity index (χ0v) is 36.9. The minimum absolute atomic E-state index is 0.0595. The number of nitrogen functional groups attached to an aromatic ring is 1. The molecule has 0 saturated carbocycles. The van der Waals surface area contributed by atoms with Crippen molar-refractivity contribution in [1.82, 2.24) is 44.1 Å². The van der Waals surface area contributed by atoms with Gasteiger partial charge in [-0.2, -0.15) is 9.10 Å². The number of para-hydroxylation sites is 1. The first-order chi connectivity index (χ1) is 30.7. The van der Waals surface area contributed by atoms with Crippen LogP contribution in [0.2, 0.25) is 0 Å². The molecule has 334 valence electrons. The van der Waals surface area contributed by atoms with Crippen LogP contribution in [0.15, 0.2) is 113 Å². The van der Waals surface area contributed by atoms with Crippen LogP contribution in [0.25, 0.3) is 33.5 Å². The number of aryl methyl sites for hydroxylation is 1. The van der Waals surface area contributed by atoms with E-state index < -0.39 is 35.9 Å². The van der Waals surface area contributed by atoms with Crippen molar-refractivity contribution in [2.24, 2.45) is 7.05 Å². The Morgan fingerprint density at radius 2 is 1.34 bits per heavy atom. The largest absolute Gasteiger partial charge is 0.497 e. The van der Waals surface area contributed by atoms with E-state index in [2.05, 4.69) is 25.3 Å². The maximum absolute atomic E-state index is 15.9. The van der Waals surface area contributed by atoms with Crippen molar-refractivity contribution < 1.29 is 40.9 Å². The topological polar surface area (TPSA) is 248 Å². The van der Waals surface area contributed by atoms with E-state index in [0.717, 1.165) is 5.56 Å². The van der Waals surface area contributed by atoms with E-state index in [1.54, 1.807) is 97.6 Å². The second-order valence-electron chi connectivity index (χ2n) is 14.5. The van der Waals surface area contributed by atoms with Crippen LogP contribution in [-0.4, -0.2) is 96.5 Å². The van der Waals surface area contributed by atoms with Gasteiger partial charge in [0, 0.05) is 38.8 Å². The SMILES string of the molecule is COc1ccc(CN(Cc2ccc(OC)cc2)S(=O)(=O)c2c(S(=O)(=O)NCCCNC(=O)O)ccc(-c3cccc4c3nc(N)n4C)c2-c2nnn(Cc3ccc(OC)cc3)n2)cc1. The molecule has 5 aromatic carbocycles. The molecular formula is C43H46N10O9S2. The van der Waals surface area contributed by atoms with Gasteiger partial charge in [-0.15, -0.1) is 10.2 Å². The highest BCUT2D eigenvalue weighted by Gasteiger charge is 2.38. The van der Waals surface area contributed by atoms with Gasteiger partial charge in [0.15, 0.2) is 0 Å². The van der Waals surface area contributed by atoms with Crippen LogP contribution in [0.1, 0.15) is 23.1 Å². The van der Waals surface area contributed by atoms with Crippen molar-refractivity contribution in [2.75, 3.05) is 40.2 Å². The van der Waals surface area contributed by atoms with Crippen molar-refractivity contribution in [2.45, 2.75) is 35.8 Å². The summed E-state index contributed by atoms with van der Waals surface area (Å²) in [6, 6.07) is 28.8. The number of nitrogens with two attached hydrogens (primary N) is 1. The Balaban J connectivity index is 1.49. The quantitative estimate of drug-likeness (QED) is 0.0791. The van der Waals surface area contributed by atoms with E-state index in [1.165, 1.54) is 35.5 Å². The lowest BCUT2D eigenvalue weighted by Crippen LogP contribution is -2.34. The molecule has 2 heterocycles. The number of fused-ring (bicyclic) bond motifs is 1. The number of benzene rings is 5. The minimum atomic E-state index is -4.93. The fraction of sp³-hybridized carbons (Fsp3) is 0.233. The smallest absolute Gasteiger partial charge is 0.404 e. The van der Waals surface area contributed by atoms with Crippen LogP contribution in [-0.2, 0) is 46.7 Å². The number of amides is 1. The third-order valence-corrected chi connectivity index (χ3v) is 13.9. The van der Waals surface area contributed by atoms with Crippen molar-refractivity contribution in [3.63, 3.8) is 0 Å². The molecule has 7 aromatic rings. The molecule has 0 aliphatic heterocycles. The number of aromatic nitrogens is 6. The summed E-state index contributed by atoms with van der Waals surface area (Å²) in [5.74, 6) is 1.73. The zero-order valence-electron chi connectivity index (χ0n) is 35.3. The van der Waals surface area contributed by atoms with Gasteiger partial charge in [0.25, 0.3) is 0 Å². The lowest BCUT2D eigenvalue weighted by Gasteiger charge is -2.26. The number of hydrogen-bond acceptors (Lipinski definition) is 13. The van der Waals surface area contributed by atoms with E-state index in [4.69, 9.17) is 30.1 Å². The molecule has 0 bridgehead atoms. The standard InChI is InChI=1S/C43H46N10O9S2/c1-51-36-8-5-7-35(39(36)47-42(51)44)34-21-22-37(63(56,57)46-24-6-23-45-43(54)55)40(38(34)41-48-50-53(49-41)27-30-13-19-33(62-4)20-14-30)64(58,59)52(25-28-9-15-31(60-2)16-10-28)26-29-11-17-32(61-3)18-12-29/h5,7-22,45-46H,6,23-27H2,1-4H3,(H2,44,47)(H,54,55). The zero-order chi connectivity index (χ0) is 45.6. The minimum Gasteiger partial charge on any atom is -0.497 e. The van der Waals surface area contributed by atoms with Crippen LogP contribution in [0.3, 0.4) is 0 Å². The number of rotatable bonds is 19. The monoisotopic (exact) mass is 910 g/mol. The second-order valence-corrected chi connectivity index (χ2v) is 18.1. The van der Waals surface area contributed by atoms with Crippen molar-refractivity contribution in [1.29, 1.82) is 0 Å². The predicted octanol–water partition coefficient (Wildman–Crippen LogP) is 4.88. The molecule has 21 heteroatoms. The van der Waals surface area contributed by atoms with Crippen molar-refractivity contribution in [3.05, 3.63) is 120 Å². The molecule has 0 aliphatic rings. The summed E-state index contributed by atoms with van der Waals surface area (Å²) in [6.45, 7) is -0.599. The Hall–Kier alpha value is -7.07. The number of carbonyl (C=O) groups is 1. The maximum Gasteiger partial charge on any atom is 0.404 e. The molecule has 2 aromatic heterocycles. The number of hydrogen-bond donors (Lipinski definition) is 4. The van der Waals surface area contributed by atoms with Crippen molar-refractivity contribution in [3.8, 4) is 39.8 Å². The predicted molar refractivity (Wildman–Crippen MR) is 238 cm³/mol. The lowest BCUT2D eigenvalue weighted by atomic mass is 9.98. The van der Waals surface area contributed by atoms with Gasteiger partial charge in [-0.1, -0.05) is 54.6 Å². The number of sulfonamides is 2. The molecule has 0 unspecified atom stereocenters.